The third-order valence-electron chi connectivity index (χ3n) is 2.12. The molecule has 0 spiro atoms. The molecule has 0 amide bonds. The molecule has 1 N–H and O–H groups in total. The molecule has 0 aromatic heterocycles. The largest absolute Gasteiger partial charge is 0.493 e. The van der Waals surface area contributed by atoms with Crippen LogP contribution in [0.3, 0.4) is 0 Å². The molecule has 1 aromatic carbocycles. The van der Waals surface area contributed by atoms with Crippen LogP contribution >= 0.6 is 11.6 Å². The number of hydrogen-bond acceptors (Lipinski definition) is 4. The summed E-state index contributed by atoms with van der Waals surface area (Å²) in [5.74, 6) is -1.00. The van der Waals surface area contributed by atoms with Gasteiger partial charge >= 0.3 is 5.97 Å². The van der Waals surface area contributed by atoms with Crippen LogP contribution in [-0.2, 0) is 4.79 Å². The lowest BCUT2D eigenvalue weighted by Crippen LogP contribution is -2.00. The van der Waals surface area contributed by atoms with Crippen LogP contribution in [0.2, 0.25) is 5.02 Å². The Morgan fingerprint density at radius 1 is 1.17 bits per heavy atom. The first-order chi connectivity index (χ1) is 8.49. The van der Waals surface area contributed by atoms with Gasteiger partial charge in [-0.05, 0) is 12.1 Å². The van der Waals surface area contributed by atoms with Crippen LogP contribution in [0, 0.1) is 0 Å². The van der Waals surface area contributed by atoms with Crippen molar-refractivity contribution in [1.82, 2.24) is 0 Å². The fourth-order valence-electron chi connectivity index (χ4n) is 1.28. The summed E-state index contributed by atoms with van der Waals surface area (Å²) in [7, 11) is 2.87. The lowest BCUT2D eigenvalue weighted by molar-refractivity contribution is -0.131. The van der Waals surface area contributed by atoms with Gasteiger partial charge in [0.05, 0.1) is 19.2 Å². The van der Waals surface area contributed by atoms with Crippen LogP contribution < -0.4 is 9.47 Å². The van der Waals surface area contributed by atoms with Crippen LogP contribution in [0.1, 0.15) is 10.4 Å². The summed E-state index contributed by atoms with van der Waals surface area (Å²) in [4.78, 5) is 22.0. The van der Waals surface area contributed by atoms with Crippen molar-refractivity contribution in [2.24, 2.45) is 0 Å². The Kier molecular flexibility index (Phi) is 4.74. The van der Waals surface area contributed by atoms with E-state index in [1.54, 1.807) is 0 Å². The van der Waals surface area contributed by atoms with Crippen LogP contribution in [0.25, 0.3) is 0 Å². The van der Waals surface area contributed by atoms with Gasteiger partial charge in [0, 0.05) is 17.7 Å². The minimum atomic E-state index is -1.21. The number of benzene rings is 1. The summed E-state index contributed by atoms with van der Waals surface area (Å²) in [6.45, 7) is 0. The lowest BCUT2D eigenvalue weighted by atomic mass is 10.1. The van der Waals surface area contributed by atoms with Crippen LogP contribution in [0.5, 0.6) is 11.5 Å². The second-order valence-electron chi connectivity index (χ2n) is 3.22. The molecule has 0 fully saturated rings. The summed E-state index contributed by atoms with van der Waals surface area (Å²) in [5.41, 5.74) is 0.145. The molecular weight excluding hydrogens is 260 g/mol. The first-order valence-corrected chi connectivity index (χ1v) is 5.24. The van der Waals surface area contributed by atoms with Gasteiger partial charge in [0.2, 0.25) is 0 Å². The van der Waals surface area contributed by atoms with Crippen molar-refractivity contribution < 1.29 is 24.2 Å². The fraction of sp³-hybridized carbons (Fsp3) is 0.167. The van der Waals surface area contributed by atoms with Gasteiger partial charge in [0.15, 0.2) is 17.3 Å². The molecule has 0 heterocycles. The minimum absolute atomic E-state index is 0.145. The third-order valence-corrected chi connectivity index (χ3v) is 2.43. The van der Waals surface area contributed by atoms with Crippen molar-refractivity contribution in [3.63, 3.8) is 0 Å². The lowest BCUT2D eigenvalue weighted by Gasteiger charge is -2.09. The first kappa shape index (κ1) is 14.1. The normalized spacial score (nSPS) is 10.4. The zero-order valence-electron chi connectivity index (χ0n) is 9.77. The Hall–Kier alpha value is -2.01. The summed E-state index contributed by atoms with van der Waals surface area (Å²) >= 11 is 5.91. The van der Waals surface area contributed by atoms with E-state index >= 15 is 0 Å². The molecule has 0 aliphatic rings. The first-order valence-electron chi connectivity index (χ1n) is 4.86. The molecule has 0 aliphatic carbocycles. The van der Waals surface area contributed by atoms with Crippen molar-refractivity contribution in [2.75, 3.05) is 14.2 Å². The molecule has 0 atom stereocenters. The molecule has 5 nitrogen and oxygen atoms in total. The van der Waals surface area contributed by atoms with Gasteiger partial charge in [-0.3, -0.25) is 4.79 Å². The highest BCUT2D eigenvalue weighted by Crippen LogP contribution is 2.33. The third kappa shape index (κ3) is 3.24. The zero-order chi connectivity index (χ0) is 13.7. The van der Waals surface area contributed by atoms with E-state index in [4.69, 9.17) is 26.2 Å². The van der Waals surface area contributed by atoms with E-state index in [0.29, 0.717) is 11.5 Å². The topological polar surface area (TPSA) is 72.8 Å². The number of halogens is 1. The highest BCUT2D eigenvalue weighted by molar-refractivity contribution is 6.35. The number of allylic oxidation sites excluding steroid dienone is 1. The molecule has 6 heteroatoms. The van der Waals surface area contributed by atoms with Gasteiger partial charge in [-0.2, -0.15) is 0 Å². The van der Waals surface area contributed by atoms with E-state index in [1.165, 1.54) is 26.4 Å². The van der Waals surface area contributed by atoms with Gasteiger partial charge in [-0.1, -0.05) is 11.6 Å². The number of aliphatic carboxylic acids is 1. The van der Waals surface area contributed by atoms with Gasteiger partial charge in [0.25, 0.3) is 0 Å². The molecule has 1 aromatic rings. The summed E-state index contributed by atoms with van der Waals surface area (Å²) in [6.07, 6.45) is 1.67. The number of ketones is 1. The molecule has 0 aliphatic heterocycles. The number of methoxy groups -OCH3 is 2. The molecule has 0 radical (unpaired) electrons. The van der Waals surface area contributed by atoms with Crippen LogP contribution in [0.4, 0.5) is 0 Å². The van der Waals surface area contributed by atoms with E-state index in [0.717, 1.165) is 12.2 Å². The van der Waals surface area contributed by atoms with Gasteiger partial charge < -0.3 is 14.6 Å². The van der Waals surface area contributed by atoms with E-state index in [-0.39, 0.29) is 10.6 Å². The Morgan fingerprint density at radius 3 is 2.22 bits per heavy atom. The summed E-state index contributed by atoms with van der Waals surface area (Å²) < 4.78 is 10.0. The Labute approximate surface area is 109 Å². The van der Waals surface area contributed by atoms with Crippen LogP contribution in [-0.4, -0.2) is 31.1 Å². The molecule has 0 saturated heterocycles. The predicted octanol–water partition coefficient (Wildman–Crippen LogP) is 2.18. The average Bonchev–Trinajstić information content (AvgIpc) is 2.35. The van der Waals surface area contributed by atoms with Crippen molar-refractivity contribution in [3.05, 3.63) is 34.9 Å². The number of carboxylic acids is 1. The maximum absolute atomic E-state index is 11.7. The van der Waals surface area contributed by atoms with Gasteiger partial charge in [0.1, 0.15) is 0 Å². The number of carboxylic acid groups (broad SMARTS) is 1. The minimum Gasteiger partial charge on any atom is -0.493 e. The summed E-state index contributed by atoms with van der Waals surface area (Å²) in [5, 5.41) is 8.60. The smallest absolute Gasteiger partial charge is 0.328 e. The molecule has 0 unspecified atom stereocenters. The number of rotatable bonds is 5. The standard InChI is InChI=1S/C12H11ClO5/c1-17-10-5-7(8(13)6-11(10)18-2)9(14)3-4-12(15)16/h3-6H,1-2H3,(H,15,16). The molecule has 96 valence electrons. The Balaban J connectivity index is 3.17. The number of carbonyl (C=O) groups is 2. The maximum atomic E-state index is 11.7. The van der Waals surface area contributed by atoms with Gasteiger partial charge in [-0.15, -0.1) is 0 Å². The van der Waals surface area contributed by atoms with E-state index in [9.17, 15) is 9.59 Å². The van der Waals surface area contributed by atoms with E-state index < -0.39 is 11.8 Å². The highest BCUT2D eigenvalue weighted by atomic mass is 35.5. The van der Waals surface area contributed by atoms with E-state index in [2.05, 4.69) is 0 Å². The van der Waals surface area contributed by atoms with Crippen molar-refractivity contribution in [2.45, 2.75) is 0 Å². The number of carbonyl (C=O) groups excluding carboxylic acids is 1. The monoisotopic (exact) mass is 270 g/mol. The Bertz CT molecular complexity index is 507. The predicted molar refractivity (Wildman–Crippen MR) is 65.7 cm³/mol. The number of hydrogen-bond donors (Lipinski definition) is 1. The quantitative estimate of drug-likeness (QED) is 0.656. The Morgan fingerprint density at radius 2 is 1.72 bits per heavy atom. The van der Waals surface area contributed by atoms with Gasteiger partial charge in [-0.25, -0.2) is 4.79 Å². The zero-order valence-corrected chi connectivity index (χ0v) is 10.5. The second kappa shape index (κ2) is 6.07. The number of ether oxygens (including phenoxy) is 2. The molecule has 0 bridgehead atoms. The van der Waals surface area contributed by atoms with Crippen molar-refractivity contribution in [3.8, 4) is 11.5 Å². The second-order valence-corrected chi connectivity index (χ2v) is 3.63. The van der Waals surface area contributed by atoms with Crippen LogP contribution in [0.15, 0.2) is 24.3 Å². The van der Waals surface area contributed by atoms with E-state index in [1.807, 2.05) is 0 Å². The maximum Gasteiger partial charge on any atom is 0.328 e. The average molecular weight is 271 g/mol. The highest BCUT2D eigenvalue weighted by Gasteiger charge is 2.14. The fourth-order valence-corrected chi connectivity index (χ4v) is 1.53. The summed E-state index contributed by atoms with van der Waals surface area (Å²) in [6, 6.07) is 2.83. The molecule has 18 heavy (non-hydrogen) atoms. The SMILES string of the molecule is COc1cc(Cl)c(C(=O)C=CC(=O)O)cc1OC. The molecular formula is C12H11ClO5. The van der Waals surface area contributed by atoms with Crippen molar-refractivity contribution >= 4 is 23.4 Å². The van der Waals surface area contributed by atoms with Crippen molar-refractivity contribution in [1.29, 1.82) is 0 Å². The molecule has 1 rings (SSSR count). The molecule has 0 saturated carbocycles.